The van der Waals surface area contributed by atoms with Crippen molar-refractivity contribution in [2.45, 2.75) is 25.8 Å². The Labute approximate surface area is 147 Å². The van der Waals surface area contributed by atoms with E-state index in [0.717, 1.165) is 48.5 Å². The number of fused-ring (bicyclic) bond motifs is 1. The highest BCUT2D eigenvalue weighted by atomic mass is 15.3. The second-order valence-corrected chi connectivity index (χ2v) is 6.58. The standard InChI is InChI=1S/C19H22N6/c1-14-5-3-6-16-18(14)20-13-21-19(16)25-11-8-15(9-12-25)24(2)17-7-4-10-22-23-17/h3-7,10,13,15H,8-9,11-12H2,1-2H3. The van der Waals surface area contributed by atoms with Gasteiger partial charge in [0.1, 0.15) is 12.1 Å². The smallest absolute Gasteiger partial charge is 0.151 e. The average molecular weight is 334 g/mol. The molecule has 25 heavy (non-hydrogen) atoms. The molecule has 4 rings (SSSR count). The molecule has 6 heteroatoms. The van der Waals surface area contributed by atoms with Crippen LogP contribution in [0.3, 0.4) is 0 Å². The molecule has 0 amide bonds. The first-order valence-electron chi connectivity index (χ1n) is 8.70. The zero-order valence-electron chi connectivity index (χ0n) is 14.6. The minimum atomic E-state index is 0.475. The maximum absolute atomic E-state index is 4.58. The summed E-state index contributed by atoms with van der Waals surface area (Å²) in [5, 5.41) is 9.35. The molecule has 1 fully saturated rings. The van der Waals surface area contributed by atoms with Gasteiger partial charge in [-0.2, -0.15) is 5.10 Å². The van der Waals surface area contributed by atoms with E-state index in [1.54, 1.807) is 12.5 Å². The molecule has 0 aliphatic carbocycles. The normalized spacial score (nSPS) is 15.5. The first-order chi connectivity index (χ1) is 12.2. The van der Waals surface area contributed by atoms with Crippen molar-refractivity contribution in [3.63, 3.8) is 0 Å². The van der Waals surface area contributed by atoms with E-state index in [-0.39, 0.29) is 0 Å². The first-order valence-corrected chi connectivity index (χ1v) is 8.70. The Balaban J connectivity index is 1.52. The van der Waals surface area contributed by atoms with Gasteiger partial charge in [-0.05, 0) is 43.5 Å². The zero-order chi connectivity index (χ0) is 17.2. The lowest BCUT2D eigenvalue weighted by Crippen LogP contribution is -2.44. The highest BCUT2D eigenvalue weighted by Gasteiger charge is 2.25. The number of piperidine rings is 1. The Morgan fingerprint density at radius 3 is 2.68 bits per heavy atom. The Hall–Kier alpha value is -2.76. The Morgan fingerprint density at radius 1 is 1.08 bits per heavy atom. The van der Waals surface area contributed by atoms with Crippen molar-refractivity contribution in [1.29, 1.82) is 0 Å². The average Bonchev–Trinajstić information content (AvgIpc) is 2.68. The van der Waals surface area contributed by atoms with Crippen LogP contribution in [-0.4, -0.2) is 46.3 Å². The van der Waals surface area contributed by atoms with Crippen LogP contribution in [0, 0.1) is 6.92 Å². The van der Waals surface area contributed by atoms with Crippen LogP contribution in [0.5, 0.6) is 0 Å². The molecule has 1 saturated heterocycles. The molecule has 3 heterocycles. The Morgan fingerprint density at radius 2 is 1.92 bits per heavy atom. The van der Waals surface area contributed by atoms with Gasteiger partial charge in [0.2, 0.25) is 0 Å². The summed E-state index contributed by atoms with van der Waals surface area (Å²) in [6.07, 6.45) is 5.54. The van der Waals surface area contributed by atoms with E-state index in [1.165, 1.54) is 5.56 Å². The fourth-order valence-corrected chi connectivity index (χ4v) is 3.61. The second kappa shape index (κ2) is 6.63. The summed E-state index contributed by atoms with van der Waals surface area (Å²) in [5.41, 5.74) is 2.24. The van der Waals surface area contributed by atoms with Crippen molar-refractivity contribution in [1.82, 2.24) is 20.2 Å². The summed E-state index contributed by atoms with van der Waals surface area (Å²) in [6.45, 7) is 4.06. The van der Waals surface area contributed by atoms with E-state index in [2.05, 4.69) is 62.1 Å². The predicted molar refractivity (Wildman–Crippen MR) is 99.9 cm³/mol. The van der Waals surface area contributed by atoms with Gasteiger partial charge in [0, 0.05) is 37.8 Å². The quantitative estimate of drug-likeness (QED) is 0.734. The molecule has 0 N–H and O–H groups in total. The molecule has 2 aromatic heterocycles. The van der Waals surface area contributed by atoms with E-state index in [4.69, 9.17) is 0 Å². The molecule has 0 radical (unpaired) electrons. The van der Waals surface area contributed by atoms with Crippen LogP contribution in [-0.2, 0) is 0 Å². The summed E-state index contributed by atoms with van der Waals surface area (Å²) in [7, 11) is 2.10. The third kappa shape index (κ3) is 2.99. The lowest BCUT2D eigenvalue weighted by atomic mass is 10.0. The molecule has 1 aromatic carbocycles. The Kier molecular flexibility index (Phi) is 4.17. The van der Waals surface area contributed by atoms with E-state index < -0.39 is 0 Å². The topological polar surface area (TPSA) is 58.0 Å². The number of hydrogen-bond acceptors (Lipinski definition) is 6. The van der Waals surface area contributed by atoms with Gasteiger partial charge in [-0.3, -0.25) is 0 Å². The molecule has 3 aromatic rings. The number of benzene rings is 1. The molecule has 6 nitrogen and oxygen atoms in total. The van der Waals surface area contributed by atoms with E-state index in [1.807, 2.05) is 12.1 Å². The number of aromatic nitrogens is 4. The fraction of sp³-hybridized carbons (Fsp3) is 0.368. The summed E-state index contributed by atoms with van der Waals surface area (Å²) in [6, 6.07) is 10.7. The van der Waals surface area contributed by atoms with Gasteiger partial charge in [-0.25, -0.2) is 9.97 Å². The van der Waals surface area contributed by atoms with Gasteiger partial charge in [-0.15, -0.1) is 5.10 Å². The van der Waals surface area contributed by atoms with Gasteiger partial charge in [0.25, 0.3) is 0 Å². The van der Waals surface area contributed by atoms with Crippen molar-refractivity contribution >= 4 is 22.5 Å². The number of anilines is 2. The van der Waals surface area contributed by atoms with E-state index in [9.17, 15) is 0 Å². The predicted octanol–water partition coefficient (Wildman–Crippen LogP) is 2.83. The largest absolute Gasteiger partial charge is 0.356 e. The van der Waals surface area contributed by atoms with Gasteiger partial charge >= 0.3 is 0 Å². The van der Waals surface area contributed by atoms with Crippen LogP contribution >= 0.6 is 0 Å². The molecule has 128 valence electrons. The molecule has 0 atom stereocenters. The first kappa shape index (κ1) is 15.7. The van der Waals surface area contributed by atoms with Gasteiger partial charge in [-0.1, -0.05) is 12.1 Å². The SMILES string of the molecule is Cc1cccc2c(N3CCC(N(C)c4cccnn4)CC3)ncnc12. The number of para-hydroxylation sites is 1. The molecule has 0 bridgehead atoms. The molecular formula is C19H22N6. The third-order valence-corrected chi connectivity index (χ3v) is 5.08. The van der Waals surface area contributed by atoms with Crippen molar-refractivity contribution in [2.75, 3.05) is 29.9 Å². The minimum absolute atomic E-state index is 0.475. The maximum atomic E-state index is 4.58. The van der Waals surface area contributed by atoms with Crippen LogP contribution < -0.4 is 9.80 Å². The van der Waals surface area contributed by atoms with Crippen LogP contribution in [0.4, 0.5) is 11.6 Å². The second-order valence-electron chi connectivity index (χ2n) is 6.58. The van der Waals surface area contributed by atoms with Gasteiger partial charge in [0.15, 0.2) is 5.82 Å². The summed E-state index contributed by atoms with van der Waals surface area (Å²) in [4.78, 5) is 13.7. The number of rotatable bonds is 3. The number of aryl methyl sites for hydroxylation is 1. The van der Waals surface area contributed by atoms with Gasteiger partial charge < -0.3 is 9.80 Å². The molecule has 1 aliphatic rings. The van der Waals surface area contributed by atoms with Crippen LogP contribution in [0.2, 0.25) is 0 Å². The Bertz CT molecular complexity index is 858. The summed E-state index contributed by atoms with van der Waals surface area (Å²) in [5.74, 6) is 1.98. The van der Waals surface area contributed by atoms with Crippen molar-refractivity contribution < 1.29 is 0 Å². The summed E-state index contributed by atoms with van der Waals surface area (Å²) >= 11 is 0. The molecule has 0 saturated carbocycles. The van der Waals surface area contributed by atoms with Crippen LogP contribution in [0.25, 0.3) is 10.9 Å². The molecular weight excluding hydrogens is 312 g/mol. The number of nitrogens with zero attached hydrogens (tertiary/aromatic N) is 6. The monoisotopic (exact) mass is 334 g/mol. The lowest BCUT2D eigenvalue weighted by molar-refractivity contribution is 0.477. The van der Waals surface area contributed by atoms with Crippen molar-refractivity contribution in [3.05, 3.63) is 48.4 Å². The summed E-state index contributed by atoms with van der Waals surface area (Å²) < 4.78 is 0. The van der Waals surface area contributed by atoms with Crippen LogP contribution in [0.15, 0.2) is 42.9 Å². The molecule has 1 aliphatic heterocycles. The van der Waals surface area contributed by atoms with E-state index in [0.29, 0.717) is 6.04 Å². The highest BCUT2D eigenvalue weighted by Crippen LogP contribution is 2.28. The zero-order valence-corrected chi connectivity index (χ0v) is 14.6. The van der Waals surface area contributed by atoms with Crippen molar-refractivity contribution in [2.24, 2.45) is 0 Å². The third-order valence-electron chi connectivity index (χ3n) is 5.08. The lowest BCUT2D eigenvalue weighted by Gasteiger charge is -2.37. The van der Waals surface area contributed by atoms with Crippen molar-refractivity contribution in [3.8, 4) is 0 Å². The van der Waals surface area contributed by atoms with Crippen LogP contribution in [0.1, 0.15) is 18.4 Å². The number of hydrogen-bond donors (Lipinski definition) is 0. The molecule has 0 spiro atoms. The fourth-order valence-electron chi connectivity index (χ4n) is 3.61. The highest BCUT2D eigenvalue weighted by molar-refractivity contribution is 5.91. The van der Waals surface area contributed by atoms with Gasteiger partial charge in [0.05, 0.1) is 5.52 Å². The molecule has 0 unspecified atom stereocenters. The van der Waals surface area contributed by atoms with E-state index >= 15 is 0 Å². The minimum Gasteiger partial charge on any atom is -0.356 e. The maximum Gasteiger partial charge on any atom is 0.151 e.